The molecule has 1 aliphatic rings. The molecule has 1 aliphatic heterocycles. The first-order valence-electron chi connectivity index (χ1n) is 7.69. The zero-order valence-corrected chi connectivity index (χ0v) is 13.4. The standard InChI is InChI=1S/C16H20N2O3S/c1-11(19)15-13(14(17-21-15)12-7-6-10-22-12)16(20)18-8-4-2-3-5-9-18/h6-7,10-11,19H,2-5,8-9H2,1H3/t11-/m0/s1. The Labute approximate surface area is 133 Å². The molecule has 0 aliphatic carbocycles. The number of nitrogens with zero attached hydrogens (tertiary/aromatic N) is 2. The van der Waals surface area contributed by atoms with Gasteiger partial charge < -0.3 is 14.5 Å². The predicted molar refractivity (Wildman–Crippen MR) is 84.8 cm³/mol. The van der Waals surface area contributed by atoms with E-state index < -0.39 is 6.10 Å². The van der Waals surface area contributed by atoms with Crippen molar-refractivity contribution in [1.29, 1.82) is 0 Å². The van der Waals surface area contributed by atoms with Gasteiger partial charge in [0.2, 0.25) is 0 Å². The quantitative estimate of drug-likeness (QED) is 0.940. The van der Waals surface area contributed by atoms with E-state index in [0.29, 0.717) is 11.3 Å². The number of hydrogen-bond donors (Lipinski definition) is 1. The van der Waals surface area contributed by atoms with Crippen LogP contribution in [0.3, 0.4) is 0 Å². The summed E-state index contributed by atoms with van der Waals surface area (Å²) in [5.74, 6) is 0.181. The highest BCUT2D eigenvalue weighted by atomic mass is 32.1. The second kappa shape index (κ2) is 6.62. The fraction of sp³-hybridized carbons (Fsp3) is 0.500. The summed E-state index contributed by atoms with van der Waals surface area (Å²) in [7, 11) is 0. The lowest BCUT2D eigenvalue weighted by atomic mass is 10.1. The Bertz CT molecular complexity index is 626. The minimum Gasteiger partial charge on any atom is -0.385 e. The molecule has 0 bridgehead atoms. The van der Waals surface area contributed by atoms with Crippen LogP contribution in [-0.2, 0) is 0 Å². The van der Waals surface area contributed by atoms with Crippen LogP contribution in [0.5, 0.6) is 0 Å². The van der Waals surface area contributed by atoms with Crippen LogP contribution in [0.25, 0.3) is 10.6 Å². The molecule has 6 heteroatoms. The molecule has 2 aromatic heterocycles. The summed E-state index contributed by atoms with van der Waals surface area (Å²) in [6, 6.07) is 3.82. The summed E-state index contributed by atoms with van der Waals surface area (Å²) in [4.78, 5) is 15.7. The SMILES string of the molecule is C[C@H](O)c1onc(-c2cccs2)c1C(=O)N1CCCCCC1. The van der Waals surface area contributed by atoms with E-state index in [9.17, 15) is 9.90 Å². The lowest BCUT2D eigenvalue weighted by Crippen LogP contribution is -2.32. The molecule has 118 valence electrons. The highest BCUT2D eigenvalue weighted by molar-refractivity contribution is 7.13. The number of aliphatic hydroxyl groups excluding tert-OH is 1. The molecule has 1 amide bonds. The molecule has 5 nitrogen and oxygen atoms in total. The zero-order chi connectivity index (χ0) is 15.5. The molecule has 0 unspecified atom stereocenters. The molecule has 0 spiro atoms. The van der Waals surface area contributed by atoms with Gasteiger partial charge in [-0.05, 0) is 31.2 Å². The first-order valence-corrected chi connectivity index (χ1v) is 8.57. The summed E-state index contributed by atoms with van der Waals surface area (Å²) < 4.78 is 5.28. The summed E-state index contributed by atoms with van der Waals surface area (Å²) in [5, 5.41) is 15.9. The van der Waals surface area contributed by atoms with Gasteiger partial charge in [0.05, 0.1) is 4.88 Å². The molecule has 1 N–H and O–H groups in total. The molecule has 2 aromatic rings. The normalized spacial score (nSPS) is 17.3. The molecule has 0 aromatic carbocycles. The Hall–Kier alpha value is -1.66. The van der Waals surface area contributed by atoms with Crippen molar-refractivity contribution in [3.8, 4) is 10.6 Å². The number of carbonyl (C=O) groups is 1. The van der Waals surface area contributed by atoms with Crippen LogP contribution in [0.4, 0.5) is 0 Å². The van der Waals surface area contributed by atoms with Gasteiger partial charge >= 0.3 is 0 Å². The zero-order valence-electron chi connectivity index (χ0n) is 12.6. The molecule has 0 saturated carbocycles. The summed E-state index contributed by atoms with van der Waals surface area (Å²) in [5.41, 5.74) is 0.958. The number of amides is 1. The van der Waals surface area contributed by atoms with Crippen molar-refractivity contribution in [3.63, 3.8) is 0 Å². The summed E-state index contributed by atoms with van der Waals surface area (Å²) >= 11 is 1.51. The van der Waals surface area contributed by atoms with Crippen LogP contribution in [0.1, 0.15) is 54.8 Å². The second-order valence-corrected chi connectivity index (χ2v) is 6.58. The van der Waals surface area contributed by atoms with Crippen molar-refractivity contribution < 1.29 is 14.4 Å². The third kappa shape index (κ3) is 2.94. The molecule has 1 saturated heterocycles. The van der Waals surface area contributed by atoms with Crippen LogP contribution >= 0.6 is 11.3 Å². The number of carbonyl (C=O) groups excluding carboxylic acids is 1. The van der Waals surface area contributed by atoms with Crippen molar-refractivity contribution in [2.24, 2.45) is 0 Å². The molecule has 3 rings (SSSR count). The van der Waals surface area contributed by atoms with Crippen molar-refractivity contribution in [2.45, 2.75) is 38.7 Å². The molecule has 1 atom stereocenters. The van der Waals surface area contributed by atoms with E-state index in [1.807, 2.05) is 22.4 Å². The first kappa shape index (κ1) is 15.2. The fourth-order valence-corrected chi connectivity index (χ4v) is 3.52. The molecular formula is C16H20N2O3S. The van der Waals surface area contributed by atoms with Crippen molar-refractivity contribution in [3.05, 3.63) is 28.8 Å². The largest absolute Gasteiger partial charge is 0.385 e. The molecular weight excluding hydrogens is 300 g/mol. The lowest BCUT2D eigenvalue weighted by molar-refractivity contribution is 0.0750. The lowest BCUT2D eigenvalue weighted by Gasteiger charge is -2.20. The van der Waals surface area contributed by atoms with Crippen molar-refractivity contribution in [1.82, 2.24) is 10.1 Å². The molecule has 3 heterocycles. The van der Waals surface area contributed by atoms with Crippen LogP contribution in [0.2, 0.25) is 0 Å². The van der Waals surface area contributed by atoms with Crippen LogP contribution in [0.15, 0.2) is 22.0 Å². The van der Waals surface area contributed by atoms with E-state index in [0.717, 1.165) is 43.6 Å². The minimum atomic E-state index is -0.854. The second-order valence-electron chi connectivity index (χ2n) is 5.63. The first-order chi connectivity index (χ1) is 10.7. The van der Waals surface area contributed by atoms with Crippen LogP contribution in [-0.4, -0.2) is 34.2 Å². The van der Waals surface area contributed by atoms with E-state index in [4.69, 9.17) is 4.52 Å². The molecule has 22 heavy (non-hydrogen) atoms. The minimum absolute atomic E-state index is 0.0811. The Morgan fingerprint density at radius 1 is 1.36 bits per heavy atom. The maximum absolute atomic E-state index is 13.0. The summed E-state index contributed by atoms with van der Waals surface area (Å²) in [6.07, 6.45) is 3.51. The van der Waals surface area contributed by atoms with E-state index in [1.54, 1.807) is 6.92 Å². The van der Waals surface area contributed by atoms with Gasteiger partial charge in [0.25, 0.3) is 5.91 Å². The monoisotopic (exact) mass is 320 g/mol. The maximum atomic E-state index is 13.0. The average molecular weight is 320 g/mol. The van der Waals surface area contributed by atoms with E-state index >= 15 is 0 Å². The van der Waals surface area contributed by atoms with Crippen molar-refractivity contribution in [2.75, 3.05) is 13.1 Å². The highest BCUT2D eigenvalue weighted by Crippen LogP contribution is 2.33. The number of aromatic nitrogens is 1. The van der Waals surface area contributed by atoms with E-state index in [2.05, 4.69) is 5.16 Å². The van der Waals surface area contributed by atoms with E-state index in [1.165, 1.54) is 11.3 Å². The van der Waals surface area contributed by atoms with Crippen LogP contribution < -0.4 is 0 Å². The average Bonchev–Trinajstić information content (AvgIpc) is 3.09. The number of rotatable bonds is 3. The highest BCUT2D eigenvalue weighted by Gasteiger charge is 2.30. The number of hydrogen-bond acceptors (Lipinski definition) is 5. The van der Waals surface area contributed by atoms with Crippen molar-refractivity contribution >= 4 is 17.2 Å². The Kier molecular flexibility index (Phi) is 4.59. The van der Waals surface area contributed by atoms with Gasteiger partial charge in [-0.1, -0.05) is 24.1 Å². The maximum Gasteiger partial charge on any atom is 0.259 e. The van der Waals surface area contributed by atoms with Gasteiger partial charge in [-0.25, -0.2) is 0 Å². The smallest absolute Gasteiger partial charge is 0.259 e. The number of likely N-dealkylation sites (tertiary alicyclic amines) is 1. The third-order valence-electron chi connectivity index (χ3n) is 3.96. The topological polar surface area (TPSA) is 66.6 Å². The Balaban J connectivity index is 1.99. The van der Waals surface area contributed by atoms with Gasteiger partial charge in [-0.15, -0.1) is 11.3 Å². The van der Waals surface area contributed by atoms with Gasteiger partial charge in [0, 0.05) is 13.1 Å². The Morgan fingerprint density at radius 3 is 2.68 bits per heavy atom. The predicted octanol–water partition coefficient (Wildman–Crippen LogP) is 3.47. The van der Waals surface area contributed by atoms with Gasteiger partial charge in [-0.3, -0.25) is 4.79 Å². The third-order valence-corrected chi connectivity index (χ3v) is 4.84. The van der Waals surface area contributed by atoms with Gasteiger partial charge in [0.1, 0.15) is 17.4 Å². The number of aliphatic hydroxyl groups is 1. The molecule has 1 fully saturated rings. The summed E-state index contributed by atoms with van der Waals surface area (Å²) in [6.45, 7) is 3.11. The molecule has 0 radical (unpaired) electrons. The Morgan fingerprint density at radius 2 is 2.09 bits per heavy atom. The number of thiophene rings is 1. The van der Waals surface area contributed by atoms with Gasteiger partial charge in [-0.2, -0.15) is 0 Å². The van der Waals surface area contributed by atoms with E-state index in [-0.39, 0.29) is 11.7 Å². The van der Waals surface area contributed by atoms with Gasteiger partial charge in [0.15, 0.2) is 5.76 Å². The van der Waals surface area contributed by atoms with Crippen LogP contribution in [0, 0.1) is 0 Å². The fourth-order valence-electron chi connectivity index (χ4n) is 2.81.